The van der Waals surface area contributed by atoms with E-state index in [-0.39, 0.29) is 6.10 Å². The van der Waals surface area contributed by atoms with E-state index >= 15 is 0 Å². The van der Waals surface area contributed by atoms with E-state index in [4.69, 9.17) is 14.2 Å². The minimum absolute atomic E-state index is 0.149. The van der Waals surface area contributed by atoms with Gasteiger partial charge in [0.2, 0.25) is 0 Å². The molecule has 4 rings (SSSR count). The molecular formula is C25H34N2O3. The quantitative estimate of drug-likeness (QED) is 0.694. The molecule has 0 bridgehead atoms. The van der Waals surface area contributed by atoms with Gasteiger partial charge in [0, 0.05) is 32.1 Å². The first kappa shape index (κ1) is 21.2. The van der Waals surface area contributed by atoms with Gasteiger partial charge in [-0.15, -0.1) is 0 Å². The molecule has 0 spiro atoms. The zero-order chi connectivity index (χ0) is 20.9. The molecule has 0 amide bonds. The van der Waals surface area contributed by atoms with Crippen molar-refractivity contribution in [3.05, 3.63) is 59.2 Å². The molecular weight excluding hydrogens is 376 g/mol. The van der Waals surface area contributed by atoms with Gasteiger partial charge in [0.25, 0.3) is 0 Å². The Morgan fingerprint density at radius 1 is 1.07 bits per heavy atom. The standard InChI is InChI=1S/C25H34N2O3/c1-4-11-27-12-13-29-23(16-27)18-30-22-9-10-24-20(14-22)15-26(2)17-25(24)19-5-7-21(28-3)8-6-19/h5-10,14,23,25H,4,11-13,15-18H2,1-3H3. The third-order valence-electron chi connectivity index (χ3n) is 6.14. The van der Waals surface area contributed by atoms with Crippen molar-refractivity contribution in [2.75, 3.05) is 53.6 Å². The van der Waals surface area contributed by atoms with Gasteiger partial charge in [-0.1, -0.05) is 25.1 Å². The van der Waals surface area contributed by atoms with Crippen LogP contribution < -0.4 is 9.47 Å². The van der Waals surface area contributed by atoms with Crippen molar-refractivity contribution < 1.29 is 14.2 Å². The van der Waals surface area contributed by atoms with Gasteiger partial charge in [0.05, 0.1) is 13.7 Å². The summed E-state index contributed by atoms with van der Waals surface area (Å²) in [5.41, 5.74) is 4.07. The van der Waals surface area contributed by atoms with Crippen molar-refractivity contribution in [2.45, 2.75) is 31.9 Å². The fourth-order valence-electron chi connectivity index (χ4n) is 4.63. The van der Waals surface area contributed by atoms with E-state index in [9.17, 15) is 0 Å². The van der Waals surface area contributed by atoms with Gasteiger partial charge >= 0.3 is 0 Å². The van der Waals surface area contributed by atoms with Crippen molar-refractivity contribution in [1.82, 2.24) is 9.80 Å². The number of hydrogen-bond acceptors (Lipinski definition) is 5. The highest BCUT2D eigenvalue weighted by molar-refractivity contribution is 5.45. The van der Waals surface area contributed by atoms with Gasteiger partial charge in [-0.2, -0.15) is 0 Å². The Morgan fingerprint density at radius 2 is 1.87 bits per heavy atom. The van der Waals surface area contributed by atoms with E-state index in [2.05, 4.69) is 54.1 Å². The first-order chi connectivity index (χ1) is 14.7. The number of rotatable bonds is 7. The number of likely N-dealkylation sites (N-methyl/N-ethyl adjacent to an activating group) is 1. The van der Waals surface area contributed by atoms with Crippen LogP contribution in [0.5, 0.6) is 11.5 Å². The van der Waals surface area contributed by atoms with Crippen molar-refractivity contribution in [3.8, 4) is 11.5 Å². The Labute approximate surface area is 180 Å². The predicted octanol–water partition coefficient (Wildman–Crippen LogP) is 3.76. The molecule has 0 radical (unpaired) electrons. The Bertz CT molecular complexity index is 822. The predicted molar refractivity (Wildman–Crippen MR) is 120 cm³/mol. The van der Waals surface area contributed by atoms with Gasteiger partial charge < -0.3 is 19.1 Å². The normalized spacial score (nSPS) is 22.5. The lowest BCUT2D eigenvalue weighted by Crippen LogP contribution is -2.45. The number of morpholine rings is 1. The molecule has 30 heavy (non-hydrogen) atoms. The molecule has 2 unspecified atom stereocenters. The summed E-state index contributed by atoms with van der Waals surface area (Å²) in [6.07, 6.45) is 1.33. The number of ether oxygens (including phenoxy) is 3. The smallest absolute Gasteiger partial charge is 0.119 e. The van der Waals surface area contributed by atoms with Crippen LogP contribution >= 0.6 is 0 Å². The number of benzene rings is 2. The minimum Gasteiger partial charge on any atom is -0.497 e. The summed E-state index contributed by atoms with van der Waals surface area (Å²) in [5, 5.41) is 0. The van der Waals surface area contributed by atoms with E-state index < -0.39 is 0 Å². The molecule has 1 fully saturated rings. The van der Waals surface area contributed by atoms with Gasteiger partial charge in [0.1, 0.15) is 24.2 Å². The lowest BCUT2D eigenvalue weighted by molar-refractivity contribution is -0.0478. The molecule has 1 saturated heterocycles. The van der Waals surface area contributed by atoms with E-state index in [1.807, 2.05) is 12.1 Å². The highest BCUT2D eigenvalue weighted by Gasteiger charge is 2.26. The zero-order valence-electron chi connectivity index (χ0n) is 18.5. The van der Waals surface area contributed by atoms with Crippen molar-refractivity contribution in [3.63, 3.8) is 0 Å². The maximum absolute atomic E-state index is 6.16. The van der Waals surface area contributed by atoms with Crippen LogP contribution in [-0.2, 0) is 11.3 Å². The number of nitrogens with zero attached hydrogens (tertiary/aromatic N) is 2. The molecule has 162 valence electrons. The van der Waals surface area contributed by atoms with Crippen molar-refractivity contribution in [2.24, 2.45) is 0 Å². The Hall–Kier alpha value is -2.08. The summed E-state index contributed by atoms with van der Waals surface area (Å²) in [6, 6.07) is 15.0. The number of hydrogen-bond donors (Lipinski definition) is 0. The summed E-state index contributed by atoms with van der Waals surface area (Å²) in [4.78, 5) is 4.85. The maximum Gasteiger partial charge on any atom is 0.119 e. The molecule has 0 aromatic heterocycles. The molecule has 2 aliphatic heterocycles. The second-order valence-corrected chi connectivity index (χ2v) is 8.49. The van der Waals surface area contributed by atoms with Gasteiger partial charge in [-0.3, -0.25) is 4.90 Å². The number of fused-ring (bicyclic) bond motifs is 1. The first-order valence-electron chi connectivity index (χ1n) is 11.1. The topological polar surface area (TPSA) is 34.2 Å². The Morgan fingerprint density at radius 3 is 2.63 bits per heavy atom. The molecule has 0 N–H and O–H groups in total. The first-order valence-corrected chi connectivity index (χ1v) is 11.1. The van der Waals surface area contributed by atoms with Crippen LogP contribution in [0.4, 0.5) is 0 Å². The van der Waals surface area contributed by atoms with Crippen LogP contribution in [0.3, 0.4) is 0 Å². The molecule has 2 aliphatic rings. The Balaban J connectivity index is 1.45. The third-order valence-corrected chi connectivity index (χ3v) is 6.14. The monoisotopic (exact) mass is 410 g/mol. The molecule has 5 nitrogen and oxygen atoms in total. The largest absolute Gasteiger partial charge is 0.497 e. The van der Waals surface area contributed by atoms with Crippen LogP contribution in [0, 0.1) is 0 Å². The molecule has 0 aliphatic carbocycles. The highest BCUT2D eigenvalue weighted by atomic mass is 16.5. The van der Waals surface area contributed by atoms with Gasteiger partial charge in [-0.05, 0) is 61.0 Å². The lowest BCUT2D eigenvalue weighted by atomic mass is 9.84. The number of methoxy groups -OCH3 is 1. The van der Waals surface area contributed by atoms with E-state index in [1.54, 1.807) is 7.11 Å². The SMILES string of the molecule is CCCN1CCOC(COc2ccc3c(c2)CN(C)CC3c2ccc(OC)cc2)C1. The molecule has 2 atom stereocenters. The summed E-state index contributed by atoms with van der Waals surface area (Å²) in [6.45, 7) is 8.72. The fraction of sp³-hybridized carbons (Fsp3) is 0.520. The van der Waals surface area contributed by atoms with E-state index in [0.29, 0.717) is 12.5 Å². The summed E-state index contributed by atoms with van der Waals surface area (Å²) >= 11 is 0. The molecule has 2 aromatic rings. The third kappa shape index (κ3) is 4.97. The lowest BCUT2D eigenvalue weighted by Gasteiger charge is -2.34. The summed E-state index contributed by atoms with van der Waals surface area (Å²) < 4.78 is 17.4. The maximum atomic E-state index is 6.16. The molecule has 2 heterocycles. The van der Waals surface area contributed by atoms with Gasteiger partial charge in [-0.25, -0.2) is 0 Å². The molecule has 0 saturated carbocycles. The summed E-state index contributed by atoms with van der Waals surface area (Å²) in [5.74, 6) is 2.20. The molecule has 2 aromatic carbocycles. The minimum atomic E-state index is 0.149. The van der Waals surface area contributed by atoms with E-state index in [1.165, 1.54) is 23.1 Å². The second kappa shape index (κ2) is 9.82. The van der Waals surface area contributed by atoms with Crippen molar-refractivity contribution >= 4 is 0 Å². The van der Waals surface area contributed by atoms with Crippen molar-refractivity contribution in [1.29, 1.82) is 0 Å². The van der Waals surface area contributed by atoms with Crippen LogP contribution in [0.2, 0.25) is 0 Å². The van der Waals surface area contributed by atoms with E-state index in [0.717, 1.165) is 50.8 Å². The average molecular weight is 411 g/mol. The fourth-order valence-corrected chi connectivity index (χ4v) is 4.63. The highest BCUT2D eigenvalue weighted by Crippen LogP contribution is 2.35. The van der Waals surface area contributed by atoms with Crippen LogP contribution in [-0.4, -0.2) is 69.5 Å². The Kier molecular flexibility index (Phi) is 6.93. The molecule has 5 heteroatoms. The zero-order valence-corrected chi connectivity index (χ0v) is 18.5. The van der Waals surface area contributed by atoms with Crippen LogP contribution in [0.1, 0.15) is 36.0 Å². The van der Waals surface area contributed by atoms with Crippen LogP contribution in [0.25, 0.3) is 0 Å². The van der Waals surface area contributed by atoms with Gasteiger partial charge in [0.15, 0.2) is 0 Å². The second-order valence-electron chi connectivity index (χ2n) is 8.49. The average Bonchev–Trinajstić information content (AvgIpc) is 2.77. The van der Waals surface area contributed by atoms with Crippen LogP contribution in [0.15, 0.2) is 42.5 Å². The summed E-state index contributed by atoms with van der Waals surface area (Å²) in [7, 11) is 3.89.